The van der Waals surface area contributed by atoms with E-state index in [0.29, 0.717) is 29.6 Å². The maximum absolute atomic E-state index is 13.0. The molecule has 0 fully saturated rings. The monoisotopic (exact) mass is 529 g/mol. The molecule has 3 aromatic rings. The van der Waals surface area contributed by atoms with Crippen LogP contribution in [0.25, 0.3) is 10.4 Å². The summed E-state index contributed by atoms with van der Waals surface area (Å²) in [6.07, 6.45) is 1.56. The fraction of sp³-hybridized carbons (Fsp3) is 0.370. The van der Waals surface area contributed by atoms with Crippen molar-refractivity contribution in [2.75, 3.05) is 5.32 Å². The first-order valence-corrected chi connectivity index (χ1v) is 13.0. The highest BCUT2D eigenvalue weighted by atomic mass is 35.5. The average molecular weight is 530 g/mol. The molecule has 9 heteroatoms. The van der Waals surface area contributed by atoms with Crippen molar-refractivity contribution in [1.29, 1.82) is 0 Å². The predicted molar refractivity (Wildman–Crippen MR) is 144 cm³/mol. The van der Waals surface area contributed by atoms with Gasteiger partial charge >= 0.3 is 0 Å². The van der Waals surface area contributed by atoms with Gasteiger partial charge in [-0.2, -0.15) is 0 Å². The number of carbonyl (C=O) groups is 2. The van der Waals surface area contributed by atoms with Crippen LogP contribution in [0.15, 0.2) is 54.7 Å². The van der Waals surface area contributed by atoms with E-state index in [1.165, 1.54) is 11.3 Å². The Balaban J connectivity index is 1.73. The summed E-state index contributed by atoms with van der Waals surface area (Å²) in [4.78, 5) is 30.6. The second kappa shape index (κ2) is 12.3. The molecule has 3 rings (SSSR count). The number of aliphatic hydroxyl groups excluding tert-OH is 1. The number of aromatic nitrogens is 1. The molecule has 0 aliphatic carbocycles. The average Bonchev–Trinajstić information content (AvgIpc) is 3.30. The van der Waals surface area contributed by atoms with Crippen LogP contribution in [0.4, 0.5) is 5.13 Å². The quantitative estimate of drug-likeness (QED) is 0.314. The number of halogens is 1. The number of rotatable bonds is 10. The zero-order chi connectivity index (χ0) is 26.3. The fourth-order valence-electron chi connectivity index (χ4n) is 3.43. The van der Waals surface area contributed by atoms with E-state index in [1.54, 1.807) is 27.0 Å². The highest BCUT2D eigenvalue weighted by Crippen LogP contribution is 2.34. The van der Waals surface area contributed by atoms with Gasteiger partial charge in [-0.25, -0.2) is 4.98 Å². The standard InChI is InChI=1S/C27H32ClN3O4S/c1-5-9-21(30-25(34)23(32)27(2,3)4)24(33)31-26-29-15-22(36-26)20-14-18(28)13-12-17(20)16-35-19-10-7-6-8-11-19/h6-8,10-15,21,23,32H,5,9,16H2,1-4H3,(H,30,34)(H,29,31,33)/t21?,23-/m1/s1. The van der Waals surface area contributed by atoms with Crippen molar-refractivity contribution in [2.45, 2.75) is 59.3 Å². The van der Waals surface area contributed by atoms with Gasteiger partial charge in [-0.3, -0.25) is 9.59 Å². The number of nitrogens with zero attached hydrogens (tertiary/aromatic N) is 1. The number of ether oxygens (including phenoxy) is 1. The Kier molecular flexibility index (Phi) is 9.48. The molecule has 3 N–H and O–H groups in total. The smallest absolute Gasteiger partial charge is 0.250 e. The SMILES string of the molecule is CCCC(NC(=O)[C@@H](O)C(C)(C)C)C(=O)Nc1ncc(-c2cc(Cl)ccc2COc2ccccc2)s1. The predicted octanol–water partition coefficient (Wildman–Crippen LogP) is 5.67. The zero-order valence-corrected chi connectivity index (χ0v) is 22.4. The molecular formula is C27H32ClN3O4S. The Morgan fingerprint density at radius 2 is 1.86 bits per heavy atom. The summed E-state index contributed by atoms with van der Waals surface area (Å²) in [5.41, 5.74) is 1.15. The molecule has 0 aliphatic heterocycles. The van der Waals surface area contributed by atoms with Gasteiger partial charge in [-0.1, -0.05) is 81.3 Å². The number of nitrogens with one attached hydrogen (secondary N) is 2. The third-order valence-electron chi connectivity index (χ3n) is 5.49. The summed E-state index contributed by atoms with van der Waals surface area (Å²) in [7, 11) is 0. The van der Waals surface area contributed by atoms with Crippen LogP contribution in [0.5, 0.6) is 5.75 Å². The van der Waals surface area contributed by atoms with Gasteiger partial charge in [0.15, 0.2) is 5.13 Å². The Morgan fingerprint density at radius 3 is 2.53 bits per heavy atom. The number of amides is 2. The summed E-state index contributed by atoms with van der Waals surface area (Å²) in [5, 5.41) is 16.7. The number of anilines is 1. The third-order valence-corrected chi connectivity index (χ3v) is 6.67. The first-order chi connectivity index (χ1) is 17.1. The van der Waals surface area contributed by atoms with Crippen LogP contribution in [-0.4, -0.2) is 34.1 Å². The molecule has 1 aromatic heterocycles. The van der Waals surface area contributed by atoms with Crippen molar-refractivity contribution < 1.29 is 19.4 Å². The first-order valence-electron chi connectivity index (χ1n) is 11.8. The first kappa shape index (κ1) is 27.6. The molecule has 0 aliphatic rings. The third kappa shape index (κ3) is 7.53. The number of hydrogen-bond donors (Lipinski definition) is 3. The minimum absolute atomic E-state index is 0.344. The summed E-state index contributed by atoms with van der Waals surface area (Å²) >= 11 is 7.57. The molecule has 0 saturated heterocycles. The topological polar surface area (TPSA) is 101 Å². The maximum Gasteiger partial charge on any atom is 0.250 e. The van der Waals surface area contributed by atoms with Gasteiger partial charge in [0.25, 0.3) is 0 Å². The number of carbonyl (C=O) groups excluding carboxylic acids is 2. The molecule has 36 heavy (non-hydrogen) atoms. The van der Waals surface area contributed by atoms with Crippen molar-refractivity contribution in [1.82, 2.24) is 10.3 Å². The number of thiazole rings is 1. The molecule has 0 bridgehead atoms. The highest BCUT2D eigenvalue weighted by molar-refractivity contribution is 7.19. The lowest BCUT2D eigenvalue weighted by Gasteiger charge is -2.26. The van der Waals surface area contributed by atoms with Gasteiger partial charge in [0, 0.05) is 16.8 Å². The van der Waals surface area contributed by atoms with Crippen LogP contribution in [0.1, 0.15) is 46.1 Å². The van der Waals surface area contributed by atoms with Gasteiger partial charge in [0.1, 0.15) is 24.5 Å². The Hall–Kier alpha value is -2.94. The molecule has 0 saturated carbocycles. The van der Waals surface area contributed by atoms with E-state index in [0.717, 1.165) is 21.8 Å². The summed E-state index contributed by atoms with van der Waals surface area (Å²) < 4.78 is 5.91. The minimum atomic E-state index is -1.23. The van der Waals surface area contributed by atoms with Gasteiger partial charge < -0.3 is 20.5 Å². The van der Waals surface area contributed by atoms with Crippen LogP contribution >= 0.6 is 22.9 Å². The van der Waals surface area contributed by atoms with Crippen LogP contribution in [0, 0.1) is 5.41 Å². The molecule has 2 aromatic carbocycles. The lowest BCUT2D eigenvalue weighted by atomic mass is 9.88. The van der Waals surface area contributed by atoms with E-state index < -0.39 is 23.5 Å². The maximum atomic E-state index is 13.0. The number of hydrogen-bond acceptors (Lipinski definition) is 6. The van der Waals surface area contributed by atoms with E-state index in [-0.39, 0.29) is 5.91 Å². The van der Waals surface area contributed by atoms with Crippen LogP contribution in [-0.2, 0) is 16.2 Å². The largest absolute Gasteiger partial charge is 0.489 e. The van der Waals surface area contributed by atoms with E-state index in [2.05, 4.69) is 15.6 Å². The number of benzene rings is 2. The van der Waals surface area contributed by atoms with E-state index in [9.17, 15) is 14.7 Å². The molecule has 0 radical (unpaired) electrons. The molecule has 7 nitrogen and oxygen atoms in total. The van der Waals surface area contributed by atoms with E-state index in [1.807, 2.05) is 55.5 Å². The van der Waals surface area contributed by atoms with Crippen molar-refractivity contribution >= 4 is 39.9 Å². The Bertz CT molecular complexity index is 1180. The molecule has 192 valence electrons. The molecule has 0 spiro atoms. The zero-order valence-electron chi connectivity index (χ0n) is 20.9. The summed E-state index contributed by atoms with van der Waals surface area (Å²) in [5.74, 6) is -0.194. The molecular weight excluding hydrogens is 498 g/mol. The molecule has 1 unspecified atom stereocenters. The van der Waals surface area contributed by atoms with Crippen molar-refractivity contribution in [3.63, 3.8) is 0 Å². The van der Waals surface area contributed by atoms with Gasteiger partial charge in [0.2, 0.25) is 11.8 Å². The van der Waals surface area contributed by atoms with Crippen molar-refractivity contribution in [3.05, 3.63) is 65.3 Å². The van der Waals surface area contributed by atoms with Gasteiger partial charge in [-0.15, -0.1) is 0 Å². The van der Waals surface area contributed by atoms with Gasteiger partial charge in [0.05, 0.1) is 4.88 Å². The number of para-hydroxylation sites is 1. The summed E-state index contributed by atoms with van der Waals surface area (Å²) in [6, 6.07) is 14.3. The minimum Gasteiger partial charge on any atom is -0.489 e. The van der Waals surface area contributed by atoms with Crippen LogP contribution in [0.3, 0.4) is 0 Å². The van der Waals surface area contributed by atoms with Crippen molar-refractivity contribution in [2.24, 2.45) is 5.41 Å². The lowest BCUT2D eigenvalue weighted by Crippen LogP contribution is -2.50. The second-order valence-electron chi connectivity index (χ2n) is 9.54. The van der Waals surface area contributed by atoms with Crippen molar-refractivity contribution in [3.8, 4) is 16.2 Å². The number of aliphatic hydroxyl groups is 1. The van der Waals surface area contributed by atoms with Crippen LogP contribution in [0.2, 0.25) is 5.02 Å². The Labute approximate surface area is 220 Å². The summed E-state index contributed by atoms with van der Waals surface area (Å²) in [6.45, 7) is 7.55. The Morgan fingerprint density at radius 1 is 1.14 bits per heavy atom. The molecule has 2 amide bonds. The second-order valence-corrected chi connectivity index (χ2v) is 11.0. The van der Waals surface area contributed by atoms with Crippen LogP contribution < -0.4 is 15.4 Å². The normalized spacial score (nSPS) is 13.1. The molecule has 2 atom stereocenters. The highest BCUT2D eigenvalue weighted by Gasteiger charge is 2.32. The lowest BCUT2D eigenvalue weighted by molar-refractivity contribution is -0.137. The van der Waals surface area contributed by atoms with E-state index in [4.69, 9.17) is 16.3 Å². The van der Waals surface area contributed by atoms with E-state index >= 15 is 0 Å². The fourth-order valence-corrected chi connectivity index (χ4v) is 4.47. The van der Waals surface area contributed by atoms with Gasteiger partial charge in [-0.05, 0) is 41.7 Å². The molecule has 1 heterocycles.